The molecule has 5 N–H and O–H groups in total. The van der Waals surface area contributed by atoms with Gasteiger partial charge in [0.05, 0.1) is 24.1 Å². The van der Waals surface area contributed by atoms with Crippen molar-refractivity contribution in [2.45, 2.75) is 31.0 Å². The third-order valence-electron chi connectivity index (χ3n) is 7.29. The van der Waals surface area contributed by atoms with Crippen LogP contribution in [-0.2, 0) is 14.3 Å². The van der Waals surface area contributed by atoms with Gasteiger partial charge in [0.1, 0.15) is 11.8 Å². The van der Waals surface area contributed by atoms with E-state index in [-0.39, 0.29) is 23.7 Å². The molecule has 43 heavy (non-hydrogen) atoms. The number of nitrogens with zero attached hydrogens (tertiary/aromatic N) is 1. The van der Waals surface area contributed by atoms with Crippen LogP contribution in [0.15, 0.2) is 78.9 Å². The molecule has 2 heterocycles. The van der Waals surface area contributed by atoms with E-state index in [9.17, 15) is 22.8 Å². The number of hydrogen-bond acceptors (Lipinski definition) is 7. The SMILES string of the molecule is Nc1ccccc1NC(=O)/C=C/c1ccc(C(NCCN2C[C@@H]3C[C@H]2CO3)C(=O)Nc2ccc(OC(F)(F)F)cc2)cc1. The van der Waals surface area contributed by atoms with Crippen LogP contribution >= 0.6 is 0 Å². The number of alkyl halides is 3. The molecule has 2 bridgehead atoms. The van der Waals surface area contributed by atoms with Gasteiger partial charge in [-0.15, -0.1) is 13.2 Å². The zero-order valence-electron chi connectivity index (χ0n) is 23.1. The van der Waals surface area contributed by atoms with Gasteiger partial charge in [-0.25, -0.2) is 0 Å². The number of morpholine rings is 1. The summed E-state index contributed by atoms with van der Waals surface area (Å²) < 4.78 is 47.1. The second-order valence-corrected chi connectivity index (χ2v) is 10.4. The minimum atomic E-state index is -4.80. The number of halogens is 3. The number of carbonyl (C=O) groups excluding carboxylic acids is 2. The van der Waals surface area contributed by atoms with Crippen molar-refractivity contribution in [3.05, 3.63) is 90.0 Å². The van der Waals surface area contributed by atoms with Crippen molar-refractivity contribution in [3.8, 4) is 5.75 Å². The molecule has 2 aliphatic heterocycles. The number of amides is 2. The summed E-state index contributed by atoms with van der Waals surface area (Å²) in [4.78, 5) is 28.1. The summed E-state index contributed by atoms with van der Waals surface area (Å²) in [6.07, 6.45) is -0.480. The maximum absolute atomic E-state index is 13.4. The molecule has 5 rings (SSSR count). The fourth-order valence-corrected chi connectivity index (χ4v) is 5.18. The van der Waals surface area contributed by atoms with Crippen molar-refractivity contribution in [1.82, 2.24) is 10.2 Å². The summed E-state index contributed by atoms with van der Waals surface area (Å²) in [6.45, 7) is 2.85. The van der Waals surface area contributed by atoms with Crippen LogP contribution in [0.3, 0.4) is 0 Å². The largest absolute Gasteiger partial charge is 0.573 e. The van der Waals surface area contributed by atoms with Crippen molar-refractivity contribution in [2.75, 3.05) is 42.6 Å². The lowest BCUT2D eigenvalue weighted by Crippen LogP contribution is -2.43. The third kappa shape index (κ3) is 8.34. The Morgan fingerprint density at radius 3 is 2.44 bits per heavy atom. The second kappa shape index (κ2) is 13.3. The maximum Gasteiger partial charge on any atom is 0.573 e. The molecular formula is C31H32F3N5O4. The van der Waals surface area contributed by atoms with Crippen LogP contribution in [0.25, 0.3) is 6.08 Å². The predicted molar refractivity (Wildman–Crippen MR) is 157 cm³/mol. The number of nitrogens with one attached hydrogen (secondary N) is 3. The summed E-state index contributed by atoms with van der Waals surface area (Å²) in [5, 5.41) is 8.82. The van der Waals surface area contributed by atoms with Crippen LogP contribution in [0.5, 0.6) is 5.75 Å². The van der Waals surface area contributed by atoms with Gasteiger partial charge in [-0.3, -0.25) is 14.5 Å². The highest BCUT2D eigenvalue weighted by Gasteiger charge is 2.38. The van der Waals surface area contributed by atoms with Crippen LogP contribution in [-0.4, -0.2) is 61.5 Å². The highest BCUT2D eigenvalue weighted by molar-refractivity contribution is 6.03. The first kappa shape index (κ1) is 30.1. The van der Waals surface area contributed by atoms with Gasteiger partial charge in [-0.1, -0.05) is 36.4 Å². The average molecular weight is 596 g/mol. The van der Waals surface area contributed by atoms with Gasteiger partial charge in [0, 0.05) is 37.4 Å². The Morgan fingerprint density at radius 1 is 1.05 bits per heavy atom. The normalized spacial score (nSPS) is 19.0. The average Bonchev–Trinajstić information content (AvgIpc) is 3.60. The standard InChI is InChI=1S/C31H32F3N5O4/c32-31(33,34)43-24-12-10-22(11-13-24)37-30(41)29(36-15-16-39-18-25-17-23(39)19-42-25)21-8-5-20(6-9-21)7-14-28(40)38-27-4-2-1-3-26(27)35/h1-14,23,25,29,36H,15-19,35H2,(H,37,41)(H,38,40)/b14-7+/t23-,25-,29?/m0/s1. The fourth-order valence-electron chi connectivity index (χ4n) is 5.18. The molecule has 3 aromatic rings. The summed E-state index contributed by atoms with van der Waals surface area (Å²) in [7, 11) is 0. The molecule has 0 radical (unpaired) electrons. The van der Waals surface area contributed by atoms with E-state index in [4.69, 9.17) is 10.5 Å². The van der Waals surface area contributed by atoms with Crippen molar-refractivity contribution < 1.29 is 32.2 Å². The zero-order valence-corrected chi connectivity index (χ0v) is 23.1. The van der Waals surface area contributed by atoms with Crippen LogP contribution < -0.4 is 26.4 Å². The minimum Gasteiger partial charge on any atom is -0.406 e. The number of hydrogen-bond donors (Lipinski definition) is 4. The summed E-state index contributed by atoms with van der Waals surface area (Å²) >= 11 is 0. The number of fused-ring (bicyclic) bond motifs is 2. The van der Waals surface area contributed by atoms with Gasteiger partial charge in [0.15, 0.2) is 0 Å². The van der Waals surface area contributed by atoms with E-state index in [0.717, 1.165) is 37.2 Å². The smallest absolute Gasteiger partial charge is 0.406 e. The van der Waals surface area contributed by atoms with Gasteiger partial charge >= 0.3 is 6.36 Å². The van der Waals surface area contributed by atoms with E-state index >= 15 is 0 Å². The van der Waals surface area contributed by atoms with Gasteiger partial charge < -0.3 is 31.2 Å². The first-order valence-electron chi connectivity index (χ1n) is 13.8. The zero-order chi connectivity index (χ0) is 30.4. The van der Waals surface area contributed by atoms with E-state index in [1.54, 1.807) is 54.6 Å². The second-order valence-electron chi connectivity index (χ2n) is 10.4. The number of para-hydroxylation sites is 2. The molecule has 226 valence electrons. The lowest BCUT2D eigenvalue weighted by molar-refractivity contribution is -0.274. The first-order valence-corrected chi connectivity index (χ1v) is 13.8. The van der Waals surface area contributed by atoms with E-state index in [2.05, 4.69) is 25.6 Å². The molecule has 12 heteroatoms. The highest BCUT2D eigenvalue weighted by atomic mass is 19.4. The van der Waals surface area contributed by atoms with Crippen molar-refractivity contribution in [2.24, 2.45) is 0 Å². The Labute approximate surface area is 246 Å². The monoisotopic (exact) mass is 595 g/mol. The topological polar surface area (TPSA) is 118 Å². The number of likely N-dealkylation sites (tertiary alicyclic amines) is 1. The predicted octanol–water partition coefficient (Wildman–Crippen LogP) is 4.56. The van der Waals surface area contributed by atoms with E-state index in [1.165, 1.54) is 18.2 Å². The number of carbonyl (C=O) groups is 2. The number of ether oxygens (including phenoxy) is 2. The van der Waals surface area contributed by atoms with Gasteiger partial charge in [0.2, 0.25) is 11.8 Å². The highest BCUT2D eigenvalue weighted by Crippen LogP contribution is 2.28. The van der Waals surface area contributed by atoms with Crippen LogP contribution in [0.1, 0.15) is 23.6 Å². The Hall–Kier alpha value is -4.39. The molecule has 2 amide bonds. The van der Waals surface area contributed by atoms with E-state index < -0.39 is 12.4 Å². The molecule has 2 saturated heterocycles. The Morgan fingerprint density at radius 2 is 1.79 bits per heavy atom. The van der Waals surface area contributed by atoms with Gasteiger partial charge in [-0.2, -0.15) is 0 Å². The van der Waals surface area contributed by atoms with E-state index in [0.29, 0.717) is 41.8 Å². The summed E-state index contributed by atoms with van der Waals surface area (Å²) in [5.74, 6) is -1.10. The molecule has 0 aromatic heterocycles. The number of anilines is 3. The van der Waals surface area contributed by atoms with Crippen LogP contribution in [0, 0.1) is 0 Å². The van der Waals surface area contributed by atoms with E-state index in [1.807, 2.05) is 0 Å². The number of benzene rings is 3. The number of rotatable bonds is 11. The minimum absolute atomic E-state index is 0.265. The Bertz CT molecular complexity index is 1450. The quantitative estimate of drug-likeness (QED) is 0.190. The molecule has 1 unspecified atom stereocenters. The molecule has 3 aromatic carbocycles. The van der Waals surface area contributed by atoms with Crippen LogP contribution in [0.4, 0.5) is 30.2 Å². The van der Waals surface area contributed by atoms with Gasteiger partial charge in [-0.05, 0) is 60.0 Å². The Kier molecular flexibility index (Phi) is 9.29. The third-order valence-corrected chi connectivity index (χ3v) is 7.29. The Balaban J connectivity index is 1.24. The summed E-state index contributed by atoms with van der Waals surface area (Å²) in [6, 6.07) is 18.7. The number of nitrogen functional groups attached to an aromatic ring is 1. The van der Waals surface area contributed by atoms with Gasteiger partial charge in [0.25, 0.3) is 0 Å². The van der Waals surface area contributed by atoms with Crippen molar-refractivity contribution in [3.63, 3.8) is 0 Å². The molecule has 9 nitrogen and oxygen atoms in total. The lowest BCUT2D eigenvalue weighted by Gasteiger charge is -2.27. The maximum atomic E-state index is 13.4. The molecule has 0 aliphatic carbocycles. The number of nitrogens with two attached hydrogens (primary N) is 1. The van der Waals surface area contributed by atoms with Crippen molar-refractivity contribution in [1.29, 1.82) is 0 Å². The lowest BCUT2D eigenvalue weighted by atomic mass is 10.0. The molecular weight excluding hydrogens is 563 g/mol. The molecule has 2 fully saturated rings. The molecule has 3 atom stereocenters. The molecule has 0 saturated carbocycles. The van der Waals surface area contributed by atoms with Crippen LogP contribution in [0.2, 0.25) is 0 Å². The molecule has 2 aliphatic rings. The fraction of sp³-hybridized carbons (Fsp3) is 0.290. The molecule has 0 spiro atoms. The first-order chi connectivity index (χ1) is 20.6. The van der Waals surface area contributed by atoms with Crippen molar-refractivity contribution >= 4 is 35.0 Å². The summed E-state index contributed by atoms with van der Waals surface area (Å²) in [5.41, 5.74) is 8.60.